The van der Waals surface area contributed by atoms with Crippen LogP contribution in [0.25, 0.3) is 10.4 Å². The molecule has 3 heterocycles. The molecule has 0 saturated heterocycles. The zero-order valence-electron chi connectivity index (χ0n) is 16.4. The maximum absolute atomic E-state index is 7.88. The Morgan fingerprint density at radius 2 is 2.00 bits per heavy atom. The van der Waals surface area contributed by atoms with Gasteiger partial charge in [0.2, 0.25) is 0 Å². The second kappa shape index (κ2) is 7.83. The smallest absolute Gasteiger partial charge is 0.166 e. The summed E-state index contributed by atoms with van der Waals surface area (Å²) in [7, 11) is 0. The molecule has 3 aromatic heterocycles. The van der Waals surface area contributed by atoms with E-state index in [4.69, 9.17) is 13.2 Å². The van der Waals surface area contributed by atoms with Gasteiger partial charge >= 0.3 is 0 Å². The van der Waals surface area contributed by atoms with E-state index in [0.29, 0.717) is 36.9 Å². The van der Waals surface area contributed by atoms with E-state index in [1.807, 2.05) is 24.4 Å². The molecular weight excluding hydrogens is 344 g/mol. The van der Waals surface area contributed by atoms with Crippen LogP contribution in [-0.4, -0.2) is 15.0 Å². The van der Waals surface area contributed by atoms with Gasteiger partial charge in [-0.05, 0) is 36.6 Å². The second-order valence-corrected chi connectivity index (χ2v) is 7.40. The van der Waals surface area contributed by atoms with Crippen molar-refractivity contribution >= 4 is 17.2 Å². The molecule has 1 aliphatic rings. The predicted molar refractivity (Wildman–Crippen MR) is 104 cm³/mol. The largest absolute Gasteiger partial charge is 0.485 e. The molecule has 1 fully saturated rings. The highest BCUT2D eigenvalue weighted by Gasteiger charge is 2.19. The van der Waals surface area contributed by atoms with E-state index in [9.17, 15) is 0 Å². The molecule has 6 heteroatoms. The summed E-state index contributed by atoms with van der Waals surface area (Å²) in [5, 5.41) is 1.07. The Morgan fingerprint density at radius 3 is 2.81 bits per heavy atom. The molecule has 0 aromatic carbocycles. The van der Waals surface area contributed by atoms with Crippen molar-refractivity contribution in [1.82, 2.24) is 15.0 Å². The quantitative estimate of drug-likeness (QED) is 0.699. The molecule has 26 heavy (non-hydrogen) atoms. The van der Waals surface area contributed by atoms with E-state index in [2.05, 4.69) is 15.0 Å². The van der Waals surface area contributed by atoms with E-state index < -0.39 is 6.37 Å². The van der Waals surface area contributed by atoms with Crippen molar-refractivity contribution in [3.8, 4) is 16.2 Å². The van der Waals surface area contributed by atoms with Gasteiger partial charge in [-0.2, -0.15) is 0 Å². The minimum absolute atomic E-state index is 0.340. The van der Waals surface area contributed by atoms with Crippen LogP contribution >= 0.6 is 11.3 Å². The van der Waals surface area contributed by atoms with Gasteiger partial charge in [0.05, 0.1) is 9.88 Å². The van der Waals surface area contributed by atoms with Gasteiger partial charge in [0, 0.05) is 39.0 Å². The monoisotopic (exact) mass is 368 g/mol. The Hall–Kier alpha value is -2.47. The molecule has 0 bridgehead atoms. The molecule has 0 atom stereocenters. The first kappa shape index (κ1) is 14.7. The standard InChI is InChI=1S/C20H22N4OS/c21-19-17(25-13-14-6-8-22-9-7-14)10-16(11-23-19)18-12-24-20(26-18)15-4-2-1-3-5-15/h6-12,15H,1-5,13H2,(H2,21,23)/i1D2. The lowest BCUT2D eigenvalue weighted by Gasteiger charge is -2.18. The molecule has 0 aliphatic heterocycles. The molecule has 0 radical (unpaired) electrons. The van der Waals surface area contributed by atoms with Crippen LogP contribution in [0.15, 0.2) is 43.0 Å². The van der Waals surface area contributed by atoms with Crippen LogP contribution in [-0.2, 0) is 6.61 Å². The first-order valence-electron chi connectivity index (χ1n) is 9.73. The number of pyridine rings is 2. The number of ether oxygens (including phenoxy) is 1. The van der Waals surface area contributed by atoms with Crippen LogP contribution in [0.5, 0.6) is 5.75 Å². The van der Waals surface area contributed by atoms with E-state index in [1.54, 1.807) is 29.9 Å². The summed E-state index contributed by atoms with van der Waals surface area (Å²) >= 11 is 1.64. The first-order chi connectivity index (χ1) is 13.5. The highest BCUT2D eigenvalue weighted by atomic mass is 32.1. The fourth-order valence-electron chi connectivity index (χ4n) is 3.02. The maximum atomic E-state index is 7.88. The van der Waals surface area contributed by atoms with E-state index in [-0.39, 0.29) is 0 Å². The topological polar surface area (TPSA) is 73.9 Å². The van der Waals surface area contributed by atoms with Crippen molar-refractivity contribution in [2.45, 2.75) is 44.6 Å². The van der Waals surface area contributed by atoms with Gasteiger partial charge in [0.1, 0.15) is 6.61 Å². The fraction of sp³-hybridized carbons (Fsp3) is 0.350. The zero-order chi connectivity index (χ0) is 19.6. The number of rotatable bonds is 5. The SMILES string of the molecule is [2H]C1([2H])CCC(c2ncc(-c3cnc(N)c(OCc4ccncc4)c3)s2)CC1. The van der Waals surface area contributed by atoms with Crippen LogP contribution < -0.4 is 10.5 Å². The van der Waals surface area contributed by atoms with Crippen LogP contribution in [0.1, 0.15) is 51.3 Å². The lowest BCUT2D eigenvalue weighted by Crippen LogP contribution is -2.03. The molecule has 4 rings (SSSR count). The molecular formula is C20H22N4OS. The highest BCUT2D eigenvalue weighted by molar-refractivity contribution is 7.15. The Kier molecular flexibility index (Phi) is 4.42. The Bertz CT molecular complexity index is 938. The number of hydrogen-bond acceptors (Lipinski definition) is 6. The average Bonchev–Trinajstić information content (AvgIpc) is 3.18. The number of hydrogen-bond donors (Lipinski definition) is 1. The van der Waals surface area contributed by atoms with Crippen LogP contribution in [0.2, 0.25) is 0 Å². The Balaban J connectivity index is 1.48. The summed E-state index contributed by atoms with van der Waals surface area (Å²) in [6, 6.07) is 5.70. The lowest BCUT2D eigenvalue weighted by atomic mass is 9.90. The minimum Gasteiger partial charge on any atom is -0.485 e. The number of nitrogens with two attached hydrogens (primary N) is 1. The average molecular weight is 369 g/mol. The second-order valence-electron chi connectivity index (χ2n) is 6.34. The van der Waals surface area contributed by atoms with Crippen molar-refractivity contribution < 1.29 is 7.48 Å². The molecule has 1 saturated carbocycles. The van der Waals surface area contributed by atoms with Crippen molar-refractivity contribution in [1.29, 1.82) is 0 Å². The number of nitrogens with zero attached hydrogens (tertiary/aromatic N) is 3. The van der Waals surface area contributed by atoms with Gasteiger partial charge in [-0.3, -0.25) is 4.98 Å². The molecule has 1 aliphatic carbocycles. The normalized spacial score (nSPS) is 18.2. The molecule has 2 N–H and O–H groups in total. The molecule has 0 spiro atoms. The van der Waals surface area contributed by atoms with Gasteiger partial charge in [0.25, 0.3) is 0 Å². The van der Waals surface area contributed by atoms with E-state index in [0.717, 1.165) is 33.9 Å². The summed E-state index contributed by atoms with van der Waals surface area (Å²) < 4.78 is 21.6. The maximum Gasteiger partial charge on any atom is 0.166 e. The number of thiazole rings is 1. The van der Waals surface area contributed by atoms with Gasteiger partial charge in [-0.15, -0.1) is 11.3 Å². The predicted octanol–water partition coefficient (Wildman–Crippen LogP) is 4.81. The fourth-order valence-corrected chi connectivity index (χ4v) is 4.09. The molecule has 3 aromatic rings. The molecule has 5 nitrogen and oxygen atoms in total. The third-order valence-electron chi connectivity index (χ3n) is 4.52. The summed E-state index contributed by atoms with van der Waals surface area (Å²) in [5.74, 6) is 1.25. The van der Waals surface area contributed by atoms with Crippen LogP contribution in [0.3, 0.4) is 0 Å². The summed E-state index contributed by atoms with van der Waals surface area (Å²) in [6.45, 7) is 0.399. The van der Waals surface area contributed by atoms with Crippen molar-refractivity contribution in [3.05, 3.63) is 53.6 Å². The molecule has 134 valence electrons. The first-order valence-corrected chi connectivity index (χ1v) is 9.55. The van der Waals surface area contributed by atoms with Gasteiger partial charge < -0.3 is 10.5 Å². The Morgan fingerprint density at radius 1 is 1.19 bits per heavy atom. The third-order valence-corrected chi connectivity index (χ3v) is 5.73. The number of anilines is 1. The van der Waals surface area contributed by atoms with Crippen molar-refractivity contribution in [2.24, 2.45) is 0 Å². The third kappa shape index (κ3) is 3.85. The number of aromatic nitrogens is 3. The van der Waals surface area contributed by atoms with Crippen LogP contribution in [0.4, 0.5) is 5.82 Å². The van der Waals surface area contributed by atoms with Crippen LogP contribution in [0, 0.1) is 0 Å². The molecule has 0 unspecified atom stereocenters. The minimum atomic E-state index is -1.03. The molecule has 0 amide bonds. The highest BCUT2D eigenvalue weighted by Crippen LogP contribution is 2.38. The van der Waals surface area contributed by atoms with Gasteiger partial charge in [-0.1, -0.05) is 19.2 Å². The van der Waals surface area contributed by atoms with Gasteiger partial charge in [-0.25, -0.2) is 9.97 Å². The van der Waals surface area contributed by atoms with E-state index in [1.165, 1.54) is 0 Å². The summed E-state index contributed by atoms with van der Waals surface area (Å²) in [5.41, 5.74) is 7.92. The van der Waals surface area contributed by atoms with Crippen molar-refractivity contribution in [3.63, 3.8) is 0 Å². The lowest BCUT2D eigenvalue weighted by molar-refractivity contribution is 0.307. The zero-order valence-corrected chi connectivity index (χ0v) is 15.2. The van der Waals surface area contributed by atoms with E-state index >= 15 is 0 Å². The Labute approximate surface area is 160 Å². The van der Waals surface area contributed by atoms with Crippen molar-refractivity contribution in [2.75, 3.05) is 5.73 Å². The summed E-state index contributed by atoms with van der Waals surface area (Å²) in [6.07, 6.45) is 8.93. The summed E-state index contributed by atoms with van der Waals surface area (Å²) in [4.78, 5) is 13.9. The number of nitrogen functional groups attached to an aromatic ring is 1. The van der Waals surface area contributed by atoms with Gasteiger partial charge in [0.15, 0.2) is 11.6 Å².